The van der Waals surface area contributed by atoms with Crippen LogP contribution in [0.3, 0.4) is 0 Å². The van der Waals surface area contributed by atoms with Crippen LogP contribution in [0.5, 0.6) is 0 Å². The van der Waals surface area contributed by atoms with Gasteiger partial charge in [-0.15, -0.1) is 0 Å². The van der Waals surface area contributed by atoms with Gasteiger partial charge < -0.3 is 10.5 Å². The second-order valence-electron chi connectivity index (χ2n) is 4.85. The van der Waals surface area contributed by atoms with Crippen molar-refractivity contribution in [2.75, 3.05) is 13.2 Å². The molecule has 1 unspecified atom stereocenters. The fourth-order valence-corrected chi connectivity index (χ4v) is 2.19. The van der Waals surface area contributed by atoms with Crippen molar-refractivity contribution in [1.82, 2.24) is 4.98 Å². The van der Waals surface area contributed by atoms with Crippen molar-refractivity contribution >= 4 is 10.9 Å². The lowest BCUT2D eigenvalue weighted by atomic mass is 10.0. The number of ether oxygens (including phenoxy) is 1. The number of rotatable bonds is 6. The third-order valence-electron chi connectivity index (χ3n) is 3.29. The van der Waals surface area contributed by atoms with Gasteiger partial charge in [0.25, 0.3) is 0 Å². The summed E-state index contributed by atoms with van der Waals surface area (Å²) < 4.78 is 5.34. The maximum atomic E-state index is 6.22. The molecule has 1 aromatic carbocycles. The summed E-state index contributed by atoms with van der Waals surface area (Å²) in [5.41, 5.74) is 9.47. The van der Waals surface area contributed by atoms with E-state index in [0.717, 1.165) is 42.7 Å². The molecule has 0 saturated carbocycles. The lowest BCUT2D eigenvalue weighted by molar-refractivity contribution is 0.142. The summed E-state index contributed by atoms with van der Waals surface area (Å²) in [4.78, 5) is 4.50. The zero-order valence-corrected chi connectivity index (χ0v) is 11.7. The van der Waals surface area contributed by atoms with E-state index >= 15 is 0 Å². The highest BCUT2D eigenvalue weighted by Crippen LogP contribution is 2.21. The molecule has 0 aliphatic rings. The van der Waals surface area contributed by atoms with E-state index in [1.54, 1.807) is 0 Å². The Morgan fingerprint density at radius 1 is 1.26 bits per heavy atom. The van der Waals surface area contributed by atoms with Gasteiger partial charge in [0, 0.05) is 30.3 Å². The topological polar surface area (TPSA) is 48.1 Å². The van der Waals surface area contributed by atoms with Crippen LogP contribution in [0.25, 0.3) is 10.9 Å². The largest absolute Gasteiger partial charge is 0.382 e. The molecule has 1 atom stereocenters. The summed E-state index contributed by atoms with van der Waals surface area (Å²) in [6.45, 7) is 5.58. The number of pyridine rings is 1. The van der Waals surface area contributed by atoms with Crippen LogP contribution in [-0.2, 0) is 4.74 Å². The Morgan fingerprint density at radius 2 is 2.11 bits per heavy atom. The average Bonchev–Trinajstić information content (AvgIpc) is 2.42. The van der Waals surface area contributed by atoms with Gasteiger partial charge in [0.2, 0.25) is 0 Å². The minimum atomic E-state index is 0.0751. The van der Waals surface area contributed by atoms with Gasteiger partial charge in [-0.05, 0) is 50.5 Å². The van der Waals surface area contributed by atoms with Gasteiger partial charge in [-0.2, -0.15) is 0 Å². The van der Waals surface area contributed by atoms with E-state index in [0.29, 0.717) is 0 Å². The standard InChI is InChI=1S/C16H22N2O/c1-3-19-10-4-5-15(17)13-8-9-16-14(11-13)7-6-12(2)18-16/h6-9,11,15H,3-5,10,17H2,1-2H3. The van der Waals surface area contributed by atoms with Gasteiger partial charge in [0.1, 0.15) is 0 Å². The van der Waals surface area contributed by atoms with Crippen LogP contribution in [0.2, 0.25) is 0 Å². The van der Waals surface area contributed by atoms with E-state index in [9.17, 15) is 0 Å². The zero-order chi connectivity index (χ0) is 13.7. The number of fused-ring (bicyclic) bond motifs is 1. The van der Waals surface area contributed by atoms with Gasteiger partial charge >= 0.3 is 0 Å². The summed E-state index contributed by atoms with van der Waals surface area (Å²) in [7, 11) is 0. The van der Waals surface area contributed by atoms with E-state index in [2.05, 4.69) is 29.2 Å². The number of hydrogen-bond acceptors (Lipinski definition) is 3. The molecule has 102 valence electrons. The highest BCUT2D eigenvalue weighted by molar-refractivity contribution is 5.79. The second-order valence-corrected chi connectivity index (χ2v) is 4.85. The molecule has 1 heterocycles. The molecule has 3 heteroatoms. The summed E-state index contributed by atoms with van der Waals surface area (Å²) >= 11 is 0. The molecule has 2 aromatic rings. The Kier molecular flexibility index (Phi) is 4.88. The van der Waals surface area contributed by atoms with Crippen LogP contribution in [-0.4, -0.2) is 18.2 Å². The van der Waals surface area contributed by atoms with Gasteiger partial charge in [-0.3, -0.25) is 4.98 Å². The summed E-state index contributed by atoms with van der Waals surface area (Å²) in [5.74, 6) is 0. The molecule has 1 aromatic heterocycles. The van der Waals surface area contributed by atoms with Crippen molar-refractivity contribution < 1.29 is 4.74 Å². The lowest BCUT2D eigenvalue weighted by Gasteiger charge is -2.12. The van der Waals surface area contributed by atoms with E-state index in [4.69, 9.17) is 10.5 Å². The molecular formula is C16H22N2O. The summed E-state index contributed by atoms with van der Waals surface area (Å²) in [6, 6.07) is 10.5. The zero-order valence-electron chi connectivity index (χ0n) is 11.7. The Hall–Kier alpha value is -1.45. The van der Waals surface area contributed by atoms with Crippen molar-refractivity contribution in [2.24, 2.45) is 5.73 Å². The fraction of sp³-hybridized carbons (Fsp3) is 0.438. The predicted molar refractivity (Wildman–Crippen MR) is 79.1 cm³/mol. The van der Waals surface area contributed by atoms with Gasteiger partial charge in [-0.1, -0.05) is 12.1 Å². The number of hydrogen-bond donors (Lipinski definition) is 1. The number of aromatic nitrogens is 1. The quantitative estimate of drug-likeness (QED) is 0.808. The smallest absolute Gasteiger partial charge is 0.0705 e. The molecule has 3 nitrogen and oxygen atoms in total. The Bertz CT molecular complexity index is 539. The van der Waals surface area contributed by atoms with Crippen LogP contribution in [0.15, 0.2) is 30.3 Å². The minimum Gasteiger partial charge on any atom is -0.382 e. The van der Waals surface area contributed by atoms with E-state index in [1.807, 2.05) is 19.9 Å². The van der Waals surface area contributed by atoms with Crippen molar-refractivity contribution in [3.05, 3.63) is 41.6 Å². The van der Waals surface area contributed by atoms with Crippen molar-refractivity contribution in [3.8, 4) is 0 Å². The maximum Gasteiger partial charge on any atom is 0.0705 e. The molecule has 0 radical (unpaired) electrons. The van der Waals surface area contributed by atoms with Crippen LogP contribution in [0, 0.1) is 6.92 Å². The van der Waals surface area contributed by atoms with Gasteiger partial charge in [-0.25, -0.2) is 0 Å². The predicted octanol–water partition coefficient (Wildman–Crippen LogP) is 3.36. The fourth-order valence-electron chi connectivity index (χ4n) is 2.19. The number of benzene rings is 1. The molecule has 2 rings (SSSR count). The van der Waals surface area contributed by atoms with Crippen LogP contribution in [0.4, 0.5) is 0 Å². The third-order valence-corrected chi connectivity index (χ3v) is 3.29. The first-order valence-corrected chi connectivity index (χ1v) is 6.91. The van der Waals surface area contributed by atoms with Gasteiger partial charge in [0.05, 0.1) is 5.52 Å². The first kappa shape index (κ1) is 14.0. The molecule has 0 fully saturated rings. The average molecular weight is 258 g/mol. The number of nitrogens with zero attached hydrogens (tertiary/aromatic N) is 1. The number of nitrogens with two attached hydrogens (primary N) is 1. The molecule has 0 bridgehead atoms. The lowest BCUT2D eigenvalue weighted by Crippen LogP contribution is -2.11. The Morgan fingerprint density at radius 3 is 2.89 bits per heavy atom. The number of aryl methyl sites for hydroxylation is 1. The molecule has 0 aliphatic heterocycles. The van der Waals surface area contributed by atoms with Crippen LogP contribution in [0.1, 0.15) is 37.1 Å². The van der Waals surface area contributed by atoms with Crippen LogP contribution >= 0.6 is 0 Å². The first-order chi connectivity index (χ1) is 9.20. The molecule has 2 N–H and O–H groups in total. The maximum absolute atomic E-state index is 6.22. The van der Waals surface area contributed by atoms with E-state index < -0.39 is 0 Å². The van der Waals surface area contributed by atoms with Crippen LogP contribution < -0.4 is 5.73 Å². The monoisotopic (exact) mass is 258 g/mol. The Balaban J connectivity index is 2.05. The van der Waals surface area contributed by atoms with Crippen molar-refractivity contribution in [2.45, 2.75) is 32.7 Å². The normalized spacial score (nSPS) is 12.8. The Labute approximate surface area is 114 Å². The SMILES string of the molecule is CCOCCCC(N)c1ccc2nc(C)ccc2c1. The first-order valence-electron chi connectivity index (χ1n) is 6.91. The molecular weight excluding hydrogens is 236 g/mol. The van der Waals surface area contributed by atoms with Gasteiger partial charge in [0.15, 0.2) is 0 Å². The molecule has 0 amide bonds. The second kappa shape index (κ2) is 6.64. The highest BCUT2D eigenvalue weighted by Gasteiger charge is 2.07. The van der Waals surface area contributed by atoms with E-state index in [1.165, 1.54) is 5.56 Å². The third kappa shape index (κ3) is 3.75. The molecule has 0 spiro atoms. The minimum absolute atomic E-state index is 0.0751. The van der Waals surface area contributed by atoms with E-state index in [-0.39, 0.29) is 6.04 Å². The molecule has 0 saturated heterocycles. The molecule has 19 heavy (non-hydrogen) atoms. The molecule has 0 aliphatic carbocycles. The van der Waals surface area contributed by atoms with Crippen molar-refractivity contribution in [1.29, 1.82) is 0 Å². The highest BCUT2D eigenvalue weighted by atomic mass is 16.5. The summed E-state index contributed by atoms with van der Waals surface area (Å²) in [5, 5.41) is 1.16. The summed E-state index contributed by atoms with van der Waals surface area (Å²) in [6.07, 6.45) is 1.95. The van der Waals surface area contributed by atoms with Crippen molar-refractivity contribution in [3.63, 3.8) is 0 Å².